The van der Waals surface area contributed by atoms with Crippen molar-refractivity contribution in [3.05, 3.63) is 66.5 Å². The van der Waals surface area contributed by atoms with Gasteiger partial charge >= 0.3 is 0 Å². The van der Waals surface area contributed by atoms with Crippen molar-refractivity contribution in [2.24, 2.45) is 15.9 Å². The molecule has 3 rings (SSSR count). The van der Waals surface area contributed by atoms with Crippen LogP contribution < -0.4 is 10.0 Å². The van der Waals surface area contributed by atoms with Gasteiger partial charge in [-0.1, -0.05) is 50.1 Å². The van der Waals surface area contributed by atoms with Gasteiger partial charge in [-0.25, -0.2) is 9.38 Å². The fourth-order valence-corrected chi connectivity index (χ4v) is 4.22. The standard InChI is InChI=1S/C19H30N4.C7H8FNS/c1-4-5-6-10-13-17-15-21-19(22-18(17)23(2)3)20-14-16-11-8-7-9-12-16;1-9-10-7-4-2-6(8)3-5-7/h4-6,13,16H,1,7-12,14-15H2,2-3H3,(H,20,21);2-5,9H,1H3/b6-5-,17-13+;. The summed E-state index contributed by atoms with van der Waals surface area (Å²) >= 11 is 1.47. The molecule has 0 aromatic heterocycles. The summed E-state index contributed by atoms with van der Waals surface area (Å²) in [5.74, 6) is 2.39. The van der Waals surface area contributed by atoms with E-state index in [9.17, 15) is 4.39 Å². The van der Waals surface area contributed by atoms with Gasteiger partial charge in [-0.05, 0) is 68.4 Å². The second kappa shape index (κ2) is 15.5. The van der Waals surface area contributed by atoms with E-state index in [2.05, 4.69) is 38.7 Å². The Morgan fingerprint density at radius 2 is 1.91 bits per heavy atom. The molecule has 0 radical (unpaired) electrons. The Hall–Kier alpha value is -2.38. The molecule has 7 heteroatoms. The molecule has 33 heavy (non-hydrogen) atoms. The van der Waals surface area contributed by atoms with Gasteiger partial charge in [0.2, 0.25) is 5.96 Å². The van der Waals surface area contributed by atoms with Crippen LogP contribution in [0.25, 0.3) is 0 Å². The van der Waals surface area contributed by atoms with Crippen LogP contribution in [-0.2, 0) is 0 Å². The molecule has 1 heterocycles. The zero-order valence-electron chi connectivity index (χ0n) is 20.2. The van der Waals surface area contributed by atoms with Crippen molar-refractivity contribution in [1.82, 2.24) is 14.9 Å². The molecule has 2 aliphatic rings. The molecule has 0 bridgehead atoms. The SMILES string of the molecule is C=C/C=C\C/C=C1\CN=C(NCC2CCCCC2)N=C1N(C)C.CNSc1ccc(F)cc1. The molecule has 1 aliphatic heterocycles. The van der Waals surface area contributed by atoms with Crippen molar-refractivity contribution in [1.29, 1.82) is 0 Å². The first-order valence-electron chi connectivity index (χ1n) is 11.6. The maximum absolute atomic E-state index is 12.3. The fraction of sp³-hybridized carbons (Fsp3) is 0.462. The van der Waals surface area contributed by atoms with Crippen molar-refractivity contribution in [2.75, 3.05) is 34.2 Å². The van der Waals surface area contributed by atoms with Gasteiger partial charge in [0.15, 0.2) is 0 Å². The van der Waals surface area contributed by atoms with E-state index in [1.165, 1.54) is 61.8 Å². The Morgan fingerprint density at radius 3 is 2.55 bits per heavy atom. The van der Waals surface area contributed by atoms with Crippen LogP contribution in [0.5, 0.6) is 0 Å². The number of amidine groups is 1. The average molecular weight is 472 g/mol. The van der Waals surface area contributed by atoms with Gasteiger partial charge in [-0.3, -0.25) is 4.72 Å². The van der Waals surface area contributed by atoms with Gasteiger partial charge in [-0.2, -0.15) is 4.99 Å². The Balaban J connectivity index is 0.000000321. The highest BCUT2D eigenvalue weighted by molar-refractivity contribution is 7.97. The first-order valence-corrected chi connectivity index (χ1v) is 12.5. The Kier molecular flexibility index (Phi) is 12.6. The van der Waals surface area contributed by atoms with E-state index in [1.807, 2.05) is 27.2 Å². The predicted octanol–water partition coefficient (Wildman–Crippen LogP) is 5.60. The molecule has 2 N–H and O–H groups in total. The minimum atomic E-state index is -0.194. The molecule has 1 saturated carbocycles. The first-order chi connectivity index (χ1) is 16.0. The van der Waals surface area contributed by atoms with Crippen molar-refractivity contribution < 1.29 is 4.39 Å². The van der Waals surface area contributed by atoms with Crippen LogP contribution in [0.3, 0.4) is 0 Å². The zero-order valence-corrected chi connectivity index (χ0v) is 21.0. The van der Waals surface area contributed by atoms with Crippen LogP contribution in [0.4, 0.5) is 4.39 Å². The molecule has 1 fully saturated rings. The lowest BCUT2D eigenvalue weighted by molar-refractivity contribution is 0.356. The third-order valence-corrected chi connectivity index (χ3v) is 6.11. The lowest BCUT2D eigenvalue weighted by Gasteiger charge is -2.25. The number of allylic oxidation sites excluding steroid dienone is 4. The maximum atomic E-state index is 12.3. The van der Waals surface area contributed by atoms with Crippen molar-refractivity contribution in [3.8, 4) is 0 Å². The molecule has 1 aromatic carbocycles. The summed E-state index contributed by atoms with van der Waals surface area (Å²) in [6.45, 7) is 5.39. The molecule has 0 atom stereocenters. The number of hydrogen-bond acceptors (Lipinski definition) is 6. The van der Waals surface area contributed by atoms with Gasteiger partial charge in [0.05, 0.1) is 6.54 Å². The van der Waals surface area contributed by atoms with E-state index in [0.717, 1.165) is 35.6 Å². The second-order valence-electron chi connectivity index (χ2n) is 8.24. The highest BCUT2D eigenvalue weighted by Crippen LogP contribution is 2.23. The van der Waals surface area contributed by atoms with Crippen LogP contribution in [-0.4, -0.2) is 50.9 Å². The van der Waals surface area contributed by atoms with Crippen molar-refractivity contribution in [3.63, 3.8) is 0 Å². The van der Waals surface area contributed by atoms with Gasteiger partial charge in [0.25, 0.3) is 0 Å². The Morgan fingerprint density at radius 1 is 1.18 bits per heavy atom. The lowest BCUT2D eigenvalue weighted by Crippen LogP contribution is -2.36. The number of nitrogens with one attached hydrogen (secondary N) is 2. The first kappa shape index (κ1) is 26.9. The van der Waals surface area contributed by atoms with Crippen molar-refractivity contribution >= 4 is 23.7 Å². The van der Waals surface area contributed by atoms with Gasteiger partial charge in [0, 0.05) is 31.1 Å². The summed E-state index contributed by atoms with van der Waals surface area (Å²) < 4.78 is 15.2. The molecule has 5 nitrogen and oxygen atoms in total. The average Bonchev–Trinajstić information content (AvgIpc) is 2.83. The zero-order chi connectivity index (χ0) is 23.9. The second-order valence-corrected chi connectivity index (χ2v) is 9.33. The molecule has 0 amide bonds. The number of benzene rings is 1. The quantitative estimate of drug-likeness (QED) is 0.402. The number of halogens is 1. The van der Waals surface area contributed by atoms with Gasteiger partial charge < -0.3 is 10.2 Å². The van der Waals surface area contributed by atoms with Crippen LogP contribution >= 0.6 is 11.9 Å². The van der Waals surface area contributed by atoms with Crippen LogP contribution in [0.15, 0.2) is 75.6 Å². The van der Waals surface area contributed by atoms with E-state index in [-0.39, 0.29) is 5.82 Å². The molecule has 0 spiro atoms. The smallest absolute Gasteiger partial charge is 0.220 e. The highest BCUT2D eigenvalue weighted by Gasteiger charge is 2.17. The van der Waals surface area contributed by atoms with Crippen molar-refractivity contribution in [2.45, 2.75) is 43.4 Å². The minimum Gasteiger partial charge on any atom is -0.362 e. The summed E-state index contributed by atoms with van der Waals surface area (Å²) in [7, 11) is 5.90. The highest BCUT2D eigenvalue weighted by atomic mass is 32.2. The number of likely N-dealkylation sites (N-methyl/N-ethyl adjacent to an activating group) is 1. The number of hydrogen-bond donors (Lipinski definition) is 2. The fourth-order valence-electron chi connectivity index (χ4n) is 3.71. The third kappa shape index (κ3) is 10.4. The number of guanidine groups is 1. The molecule has 0 unspecified atom stereocenters. The molecule has 180 valence electrons. The van der Waals surface area contributed by atoms with Gasteiger partial charge in [0.1, 0.15) is 11.7 Å². The van der Waals surface area contributed by atoms with Crippen LogP contribution in [0, 0.1) is 11.7 Å². The Bertz CT molecular complexity index is 837. The predicted molar refractivity (Wildman–Crippen MR) is 141 cm³/mol. The number of nitrogens with zero attached hydrogens (tertiary/aromatic N) is 3. The lowest BCUT2D eigenvalue weighted by atomic mass is 9.89. The van der Waals surface area contributed by atoms with E-state index in [4.69, 9.17) is 4.99 Å². The molecule has 1 aromatic rings. The third-order valence-electron chi connectivity index (χ3n) is 5.40. The summed E-state index contributed by atoms with van der Waals surface area (Å²) in [6, 6.07) is 6.35. The minimum absolute atomic E-state index is 0.194. The van der Waals surface area contributed by atoms with Gasteiger partial charge in [-0.15, -0.1) is 0 Å². The summed E-state index contributed by atoms with van der Waals surface area (Å²) in [4.78, 5) is 12.4. The van der Waals surface area contributed by atoms with Crippen LogP contribution in [0.1, 0.15) is 38.5 Å². The Labute approximate surface area is 203 Å². The topological polar surface area (TPSA) is 52.0 Å². The number of rotatable bonds is 7. The molecular weight excluding hydrogens is 433 g/mol. The summed E-state index contributed by atoms with van der Waals surface area (Å²) in [6.07, 6.45) is 15.7. The van der Waals surface area contributed by atoms with Crippen LogP contribution in [0.2, 0.25) is 0 Å². The number of aliphatic imine (C=N–C) groups is 2. The van der Waals surface area contributed by atoms with E-state index >= 15 is 0 Å². The molecular formula is C26H38FN5S. The maximum Gasteiger partial charge on any atom is 0.220 e. The normalized spacial score (nSPS) is 17.8. The van der Waals surface area contributed by atoms with E-state index in [0.29, 0.717) is 6.54 Å². The van der Waals surface area contributed by atoms with E-state index in [1.54, 1.807) is 18.2 Å². The monoisotopic (exact) mass is 471 g/mol. The molecule has 0 saturated heterocycles. The summed E-state index contributed by atoms with van der Waals surface area (Å²) in [5.41, 5.74) is 1.19. The largest absolute Gasteiger partial charge is 0.362 e. The van der Waals surface area contributed by atoms with E-state index < -0.39 is 0 Å². The summed E-state index contributed by atoms with van der Waals surface area (Å²) in [5, 5.41) is 3.45. The molecule has 1 aliphatic carbocycles.